The summed E-state index contributed by atoms with van der Waals surface area (Å²) in [5.41, 5.74) is 1.30. The highest BCUT2D eigenvalue weighted by Gasteiger charge is 2.45. The van der Waals surface area contributed by atoms with Crippen LogP contribution in [0.25, 0.3) is 11.0 Å². The van der Waals surface area contributed by atoms with Gasteiger partial charge in [0.25, 0.3) is 0 Å². The number of halogens is 4. The number of benzene rings is 1. The fourth-order valence-corrected chi connectivity index (χ4v) is 3.34. The maximum absolute atomic E-state index is 12.8. The largest absolute Gasteiger partial charge is 0.471 e. The molecule has 0 spiro atoms. The summed E-state index contributed by atoms with van der Waals surface area (Å²) in [6.07, 6.45) is -4.45. The highest BCUT2D eigenvalue weighted by Crippen LogP contribution is 2.30. The summed E-state index contributed by atoms with van der Waals surface area (Å²) in [6.45, 7) is 2.23. The number of para-hydroxylation sites is 2. The van der Waals surface area contributed by atoms with Gasteiger partial charge in [0.15, 0.2) is 11.0 Å². The van der Waals surface area contributed by atoms with E-state index in [2.05, 4.69) is 9.97 Å². The van der Waals surface area contributed by atoms with E-state index >= 15 is 0 Å². The van der Waals surface area contributed by atoms with E-state index in [4.69, 9.17) is 11.6 Å². The zero-order chi connectivity index (χ0) is 18.2. The third kappa shape index (κ3) is 3.49. The predicted octanol–water partition coefficient (Wildman–Crippen LogP) is 3.27. The molecular formula is C16H16ClF3N4O. The normalized spacial score (nSPS) is 18.0. The van der Waals surface area contributed by atoms with E-state index in [1.807, 2.05) is 12.1 Å². The van der Waals surface area contributed by atoms with Gasteiger partial charge in [-0.1, -0.05) is 23.7 Å². The van der Waals surface area contributed by atoms with Gasteiger partial charge in [-0.3, -0.25) is 4.79 Å². The van der Waals surface area contributed by atoms with Crippen molar-refractivity contribution in [2.45, 2.75) is 25.6 Å². The Hall–Kier alpha value is -2.09. The number of hydrogen-bond acceptors (Lipinski definition) is 4. The number of alkyl halides is 3. The molecule has 134 valence electrons. The smallest absolute Gasteiger partial charge is 0.352 e. The highest BCUT2D eigenvalue weighted by atomic mass is 35.5. The number of amides is 1. The van der Waals surface area contributed by atoms with Gasteiger partial charge in [-0.15, -0.1) is 0 Å². The molecule has 1 aromatic heterocycles. The first kappa shape index (κ1) is 17.7. The van der Waals surface area contributed by atoms with Gasteiger partial charge < -0.3 is 9.80 Å². The van der Waals surface area contributed by atoms with Crippen LogP contribution in [0.1, 0.15) is 13.3 Å². The maximum atomic E-state index is 12.8. The van der Waals surface area contributed by atoms with Gasteiger partial charge in [0, 0.05) is 19.6 Å². The first-order chi connectivity index (χ1) is 11.8. The Labute approximate surface area is 147 Å². The molecule has 1 aromatic carbocycles. The van der Waals surface area contributed by atoms with Gasteiger partial charge in [0.1, 0.15) is 0 Å². The molecule has 1 atom stereocenters. The van der Waals surface area contributed by atoms with Gasteiger partial charge in [0.2, 0.25) is 0 Å². The van der Waals surface area contributed by atoms with E-state index < -0.39 is 18.1 Å². The summed E-state index contributed by atoms with van der Waals surface area (Å²) in [5.74, 6) is -1.38. The van der Waals surface area contributed by atoms with Crippen molar-refractivity contribution in [2.24, 2.45) is 0 Å². The topological polar surface area (TPSA) is 49.3 Å². The Morgan fingerprint density at radius 3 is 2.56 bits per heavy atom. The second kappa shape index (κ2) is 6.67. The molecule has 1 amide bonds. The van der Waals surface area contributed by atoms with Crippen molar-refractivity contribution in [2.75, 3.05) is 24.5 Å². The summed E-state index contributed by atoms with van der Waals surface area (Å²) in [6, 6.07) is 6.68. The number of rotatable bonds is 3. The quantitative estimate of drug-likeness (QED) is 0.829. The van der Waals surface area contributed by atoms with Gasteiger partial charge >= 0.3 is 12.1 Å². The molecule has 1 fully saturated rings. The minimum atomic E-state index is -4.87. The third-order valence-corrected chi connectivity index (χ3v) is 4.51. The Kier molecular flexibility index (Phi) is 4.73. The van der Waals surface area contributed by atoms with Crippen molar-refractivity contribution in [3.63, 3.8) is 0 Å². The van der Waals surface area contributed by atoms with Crippen LogP contribution in [-0.2, 0) is 4.79 Å². The van der Waals surface area contributed by atoms with Crippen LogP contribution in [-0.4, -0.2) is 52.6 Å². The lowest BCUT2D eigenvalue weighted by atomic mass is 10.2. The maximum Gasteiger partial charge on any atom is 0.471 e. The second-order valence-electron chi connectivity index (χ2n) is 5.80. The number of likely N-dealkylation sites (N-methyl/N-ethyl adjacent to an activating group) is 1. The van der Waals surface area contributed by atoms with Crippen LogP contribution in [0.4, 0.5) is 19.0 Å². The second-order valence-corrected chi connectivity index (χ2v) is 6.16. The fraction of sp³-hybridized carbons (Fsp3) is 0.438. The van der Waals surface area contributed by atoms with Crippen LogP contribution >= 0.6 is 11.6 Å². The van der Waals surface area contributed by atoms with Crippen molar-refractivity contribution in [1.29, 1.82) is 0 Å². The van der Waals surface area contributed by atoms with Crippen LogP contribution in [0, 0.1) is 0 Å². The first-order valence-electron chi connectivity index (χ1n) is 7.86. The lowest BCUT2D eigenvalue weighted by molar-refractivity contribution is -0.187. The number of anilines is 1. The van der Waals surface area contributed by atoms with E-state index in [1.165, 1.54) is 6.92 Å². The molecule has 2 aromatic rings. The number of fused-ring (bicyclic) bond motifs is 1. The van der Waals surface area contributed by atoms with Crippen molar-refractivity contribution in [3.05, 3.63) is 29.4 Å². The van der Waals surface area contributed by atoms with Crippen molar-refractivity contribution < 1.29 is 18.0 Å². The van der Waals surface area contributed by atoms with E-state index in [-0.39, 0.29) is 18.2 Å². The highest BCUT2D eigenvalue weighted by molar-refractivity contribution is 6.32. The van der Waals surface area contributed by atoms with Crippen LogP contribution < -0.4 is 4.90 Å². The fourth-order valence-electron chi connectivity index (χ4n) is 3.09. The lowest BCUT2D eigenvalue weighted by Crippen LogP contribution is -2.48. The average molecular weight is 373 g/mol. The summed E-state index contributed by atoms with van der Waals surface area (Å²) in [5, 5.41) is 0.199. The third-order valence-electron chi connectivity index (χ3n) is 4.26. The number of carbonyl (C=O) groups excluding carboxylic acids is 1. The first-order valence-corrected chi connectivity index (χ1v) is 8.24. The molecule has 0 unspecified atom stereocenters. The van der Waals surface area contributed by atoms with Crippen LogP contribution in [0.5, 0.6) is 0 Å². The van der Waals surface area contributed by atoms with Crippen molar-refractivity contribution in [1.82, 2.24) is 14.9 Å². The summed E-state index contributed by atoms with van der Waals surface area (Å²) in [4.78, 5) is 23.0. The van der Waals surface area contributed by atoms with Crippen LogP contribution in [0.15, 0.2) is 24.3 Å². The number of hydrogen-bond donors (Lipinski definition) is 0. The van der Waals surface area contributed by atoms with Gasteiger partial charge in [-0.2, -0.15) is 13.2 Å². The number of carbonyl (C=O) groups is 1. The van der Waals surface area contributed by atoms with Crippen molar-refractivity contribution in [3.8, 4) is 0 Å². The van der Waals surface area contributed by atoms with E-state index in [1.54, 1.807) is 17.0 Å². The minimum absolute atomic E-state index is 0.00597. The monoisotopic (exact) mass is 372 g/mol. The molecule has 0 aliphatic carbocycles. The molecule has 0 bridgehead atoms. The molecule has 2 heterocycles. The average Bonchev–Trinajstić information content (AvgIpc) is 3.03. The molecule has 0 radical (unpaired) electrons. The Morgan fingerprint density at radius 2 is 1.96 bits per heavy atom. The molecule has 0 saturated carbocycles. The summed E-state index contributed by atoms with van der Waals surface area (Å²) >= 11 is 6.20. The Morgan fingerprint density at radius 1 is 1.32 bits per heavy atom. The summed E-state index contributed by atoms with van der Waals surface area (Å²) in [7, 11) is 0. The number of nitrogens with zero attached hydrogens (tertiary/aromatic N) is 4. The molecule has 25 heavy (non-hydrogen) atoms. The molecule has 1 saturated heterocycles. The van der Waals surface area contributed by atoms with Gasteiger partial charge in [-0.05, 0) is 25.5 Å². The molecule has 3 rings (SSSR count). The van der Waals surface area contributed by atoms with Crippen LogP contribution in [0.2, 0.25) is 5.15 Å². The molecular weight excluding hydrogens is 357 g/mol. The zero-order valence-corrected chi connectivity index (χ0v) is 14.2. The van der Waals surface area contributed by atoms with Gasteiger partial charge in [-0.25, -0.2) is 9.97 Å². The van der Waals surface area contributed by atoms with E-state index in [0.717, 1.165) is 4.90 Å². The molecule has 1 aliphatic heterocycles. The Balaban J connectivity index is 1.83. The Bertz CT molecular complexity index is 799. The standard InChI is InChI=1S/C16H16ClF3N4O/c1-2-24(15(25)16(18,19)20)10-7-8-23(9-10)14-13(17)21-11-5-3-4-6-12(11)22-14/h3-6,10H,2,7-9H2,1H3/t10-/m0/s1. The molecule has 0 N–H and O–H groups in total. The van der Waals surface area contributed by atoms with Crippen molar-refractivity contribution >= 4 is 34.4 Å². The number of aromatic nitrogens is 2. The van der Waals surface area contributed by atoms with E-state index in [9.17, 15) is 18.0 Å². The predicted molar refractivity (Wildman–Crippen MR) is 88.6 cm³/mol. The molecule has 9 heteroatoms. The molecule has 5 nitrogen and oxygen atoms in total. The SMILES string of the molecule is CCN(C(=O)C(F)(F)F)[C@H]1CCN(c2nc3ccccc3nc2Cl)C1. The van der Waals surface area contributed by atoms with E-state index in [0.29, 0.717) is 29.8 Å². The van der Waals surface area contributed by atoms with Gasteiger partial charge in [0.05, 0.1) is 17.1 Å². The van der Waals surface area contributed by atoms with Crippen LogP contribution in [0.3, 0.4) is 0 Å². The molecule has 1 aliphatic rings. The minimum Gasteiger partial charge on any atom is -0.352 e. The zero-order valence-electron chi connectivity index (χ0n) is 13.4. The lowest BCUT2D eigenvalue weighted by Gasteiger charge is -2.28. The summed E-state index contributed by atoms with van der Waals surface area (Å²) < 4.78 is 38.3.